The van der Waals surface area contributed by atoms with Gasteiger partial charge in [0.05, 0.1) is 16.0 Å². The highest BCUT2D eigenvalue weighted by molar-refractivity contribution is 8.00. The largest absolute Gasteiger partial charge is 0.324 e. The molecule has 0 saturated carbocycles. The fourth-order valence-corrected chi connectivity index (χ4v) is 2.74. The van der Waals surface area contributed by atoms with E-state index in [4.69, 9.17) is 23.2 Å². The van der Waals surface area contributed by atoms with Gasteiger partial charge in [-0.1, -0.05) is 35.3 Å². The molecule has 0 radical (unpaired) electrons. The molecule has 5 heteroatoms. The van der Waals surface area contributed by atoms with Crippen molar-refractivity contribution in [2.75, 3.05) is 5.32 Å². The number of benzene rings is 2. The zero-order chi connectivity index (χ0) is 14.5. The van der Waals surface area contributed by atoms with Crippen LogP contribution in [0, 0.1) is 0 Å². The minimum absolute atomic E-state index is 0.0851. The van der Waals surface area contributed by atoms with Gasteiger partial charge in [0.25, 0.3) is 0 Å². The molecule has 0 spiro atoms. The van der Waals surface area contributed by atoms with Gasteiger partial charge in [-0.15, -0.1) is 11.8 Å². The van der Waals surface area contributed by atoms with E-state index in [1.807, 2.05) is 43.3 Å². The van der Waals surface area contributed by atoms with Crippen molar-refractivity contribution in [2.24, 2.45) is 0 Å². The fraction of sp³-hybridized carbons (Fsp3) is 0.133. The summed E-state index contributed by atoms with van der Waals surface area (Å²) < 4.78 is 0. The number of amides is 1. The maximum atomic E-state index is 12.1. The third-order valence-electron chi connectivity index (χ3n) is 2.63. The zero-order valence-electron chi connectivity index (χ0n) is 10.8. The van der Waals surface area contributed by atoms with Crippen molar-refractivity contribution < 1.29 is 4.79 Å². The monoisotopic (exact) mass is 325 g/mol. The first-order chi connectivity index (χ1) is 9.56. The SMILES string of the molecule is CC(Sc1ccc(Cl)cc1)C(=O)Nc1ccccc1Cl. The van der Waals surface area contributed by atoms with Gasteiger partial charge in [-0.2, -0.15) is 0 Å². The molecule has 1 N–H and O–H groups in total. The molecule has 1 unspecified atom stereocenters. The first kappa shape index (κ1) is 15.2. The molecule has 0 fully saturated rings. The van der Waals surface area contributed by atoms with Crippen molar-refractivity contribution in [3.05, 3.63) is 58.6 Å². The number of para-hydroxylation sites is 1. The Bertz CT molecular complexity index is 601. The number of rotatable bonds is 4. The molecule has 2 nitrogen and oxygen atoms in total. The summed E-state index contributed by atoms with van der Waals surface area (Å²) in [7, 11) is 0. The van der Waals surface area contributed by atoms with E-state index in [-0.39, 0.29) is 11.2 Å². The smallest absolute Gasteiger partial charge is 0.237 e. The molecule has 104 valence electrons. The second kappa shape index (κ2) is 7.02. The highest BCUT2D eigenvalue weighted by Gasteiger charge is 2.15. The van der Waals surface area contributed by atoms with Gasteiger partial charge in [0, 0.05) is 9.92 Å². The molecular weight excluding hydrogens is 313 g/mol. The minimum Gasteiger partial charge on any atom is -0.324 e. The van der Waals surface area contributed by atoms with Crippen LogP contribution < -0.4 is 5.32 Å². The number of thioether (sulfide) groups is 1. The molecular formula is C15H13Cl2NOS. The topological polar surface area (TPSA) is 29.1 Å². The lowest BCUT2D eigenvalue weighted by Gasteiger charge is -2.12. The highest BCUT2D eigenvalue weighted by atomic mass is 35.5. The number of hydrogen-bond acceptors (Lipinski definition) is 2. The summed E-state index contributed by atoms with van der Waals surface area (Å²) in [6.45, 7) is 1.85. The average Bonchev–Trinajstić information content (AvgIpc) is 2.44. The molecule has 2 aromatic rings. The van der Waals surface area contributed by atoms with E-state index in [0.29, 0.717) is 15.7 Å². The third kappa shape index (κ3) is 4.17. The van der Waals surface area contributed by atoms with Crippen LogP contribution in [0.2, 0.25) is 10.0 Å². The predicted octanol–water partition coefficient (Wildman–Crippen LogP) is 5.11. The van der Waals surface area contributed by atoms with Crippen molar-refractivity contribution in [3.8, 4) is 0 Å². The minimum atomic E-state index is -0.229. The molecule has 0 saturated heterocycles. The summed E-state index contributed by atoms with van der Waals surface area (Å²) >= 11 is 13.3. The van der Waals surface area contributed by atoms with Crippen LogP contribution >= 0.6 is 35.0 Å². The highest BCUT2D eigenvalue weighted by Crippen LogP contribution is 2.27. The molecule has 0 heterocycles. The number of hydrogen-bond donors (Lipinski definition) is 1. The van der Waals surface area contributed by atoms with Crippen molar-refractivity contribution in [1.82, 2.24) is 0 Å². The number of carbonyl (C=O) groups excluding carboxylic acids is 1. The van der Waals surface area contributed by atoms with Crippen molar-refractivity contribution in [1.29, 1.82) is 0 Å². The summed E-state index contributed by atoms with van der Waals surface area (Å²) in [5, 5.41) is 3.81. The van der Waals surface area contributed by atoms with Crippen LogP contribution in [0.25, 0.3) is 0 Å². The maximum Gasteiger partial charge on any atom is 0.237 e. The van der Waals surface area contributed by atoms with E-state index in [1.54, 1.807) is 12.1 Å². The first-order valence-electron chi connectivity index (χ1n) is 6.04. The van der Waals surface area contributed by atoms with E-state index in [9.17, 15) is 4.79 Å². The predicted molar refractivity (Wildman–Crippen MR) is 86.9 cm³/mol. The molecule has 2 rings (SSSR count). The molecule has 0 aromatic heterocycles. The molecule has 0 aliphatic heterocycles. The van der Waals surface area contributed by atoms with Gasteiger partial charge < -0.3 is 5.32 Å². The van der Waals surface area contributed by atoms with E-state index in [1.165, 1.54) is 11.8 Å². The standard InChI is InChI=1S/C15H13Cl2NOS/c1-10(20-12-8-6-11(16)7-9-12)15(19)18-14-5-3-2-4-13(14)17/h2-10H,1H3,(H,18,19). The van der Waals surface area contributed by atoms with Crippen LogP contribution in [0.1, 0.15) is 6.92 Å². The van der Waals surface area contributed by atoms with Crippen LogP contribution in [0.3, 0.4) is 0 Å². The Morgan fingerprint density at radius 3 is 2.40 bits per heavy atom. The third-order valence-corrected chi connectivity index (χ3v) is 4.32. The zero-order valence-corrected chi connectivity index (χ0v) is 13.1. The lowest BCUT2D eigenvalue weighted by molar-refractivity contribution is -0.115. The second-order valence-corrected chi connectivity index (χ2v) is 6.44. The Hall–Kier alpha value is -1.16. The molecule has 0 bridgehead atoms. The Morgan fingerprint density at radius 2 is 1.75 bits per heavy atom. The molecule has 0 aliphatic carbocycles. The van der Waals surface area contributed by atoms with Crippen molar-refractivity contribution in [3.63, 3.8) is 0 Å². The van der Waals surface area contributed by atoms with Gasteiger partial charge in [-0.3, -0.25) is 4.79 Å². The second-order valence-electron chi connectivity index (χ2n) is 4.18. The summed E-state index contributed by atoms with van der Waals surface area (Å²) in [5.74, 6) is -0.0851. The Morgan fingerprint density at radius 1 is 1.10 bits per heavy atom. The Labute approximate surface area is 132 Å². The van der Waals surface area contributed by atoms with Gasteiger partial charge in [-0.05, 0) is 43.3 Å². The number of nitrogens with one attached hydrogen (secondary N) is 1. The summed E-state index contributed by atoms with van der Waals surface area (Å²) in [5.41, 5.74) is 0.628. The quantitative estimate of drug-likeness (QED) is 0.791. The molecule has 1 atom stereocenters. The van der Waals surface area contributed by atoms with Gasteiger partial charge in [0.2, 0.25) is 5.91 Å². The lowest BCUT2D eigenvalue weighted by Crippen LogP contribution is -2.22. The van der Waals surface area contributed by atoms with Crippen LogP contribution in [-0.2, 0) is 4.79 Å². The normalized spacial score (nSPS) is 11.9. The molecule has 1 amide bonds. The van der Waals surface area contributed by atoms with Crippen molar-refractivity contribution in [2.45, 2.75) is 17.1 Å². The van der Waals surface area contributed by atoms with Gasteiger partial charge in [0.1, 0.15) is 0 Å². The maximum absolute atomic E-state index is 12.1. The summed E-state index contributed by atoms with van der Waals surface area (Å²) in [6, 6.07) is 14.6. The van der Waals surface area contributed by atoms with Gasteiger partial charge in [0.15, 0.2) is 0 Å². The van der Waals surface area contributed by atoms with Crippen LogP contribution in [0.15, 0.2) is 53.4 Å². The van der Waals surface area contributed by atoms with E-state index in [2.05, 4.69) is 5.32 Å². The first-order valence-corrected chi connectivity index (χ1v) is 7.67. The Kier molecular flexibility index (Phi) is 5.35. The number of halogens is 2. The number of carbonyl (C=O) groups is 1. The fourth-order valence-electron chi connectivity index (χ4n) is 1.57. The lowest BCUT2D eigenvalue weighted by atomic mass is 10.3. The van der Waals surface area contributed by atoms with E-state index < -0.39 is 0 Å². The number of anilines is 1. The molecule has 2 aromatic carbocycles. The Balaban J connectivity index is 1.99. The average molecular weight is 326 g/mol. The summed E-state index contributed by atoms with van der Waals surface area (Å²) in [4.78, 5) is 13.1. The van der Waals surface area contributed by atoms with E-state index >= 15 is 0 Å². The van der Waals surface area contributed by atoms with Crippen LogP contribution in [0.4, 0.5) is 5.69 Å². The van der Waals surface area contributed by atoms with Gasteiger partial charge >= 0.3 is 0 Å². The van der Waals surface area contributed by atoms with Crippen LogP contribution in [0.5, 0.6) is 0 Å². The van der Waals surface area contributed by atoms with Crippen molar-refractivity contribution >= 4 is 46.6 Å². The molecule has 0 aliphatic rings. The van der Waals surface area contributed by atoms with E-state index in [0.717, 1.165) is 4.90 Å². The van der Waals surface area contributed by atoms with Crippen LogP contribution in [-0.4, -0.2) is 11.2 Å². The van der Waals surface area contributed by atoms with Gasteiger partial charge in [-0.25, -0.2) is 0 Å². The summed E-state index contributed by atoms with van der Waals surface area (Å²) in [6.07, 6.45) is 0. The molecule has 20 heavy (non-hydrogen) atoms.